The molecule has 5 fully saturated rings. The van der Waals surface area contributed by atoms with Gasteiger partial charge in [0.05, 0.1) is 25.3 Å². The van der Waals surface area contributed by atoms with Crippen LogP contribution in [0.4, 0.5) is 5.69 Å². The zero-order valence-electron chi connectivity index (χ0n) is 18.0. The minimum absolute atomic E-state index is 0.128. The number of amides is 2. The Bertz CT molecular complexity index is 816. The molecule has 0 radical (unpaired) electrons. The first kappa shape index (κ1) is 19.7. The van der Waals surface area contributed by atoms with Crippen LogP contribution >= 0.6 is 0 Å². The van der Waals surface area contributed by atoms with E-state index in [9.17, 15) is 9.59 Å². The average Bonchev–Trinajstić information content (AvgIpc) is 3.22. The van der Waals surface area contributed by atoms with Gasteiger partial charge >= 0.3 is 0 Å². The van der Waals surface area contributed by atoms with E-state index in [0.29, 0.717) is 23.7 Å². The Hall–Kier alpha value is -2.24. The number of ether oxygens (including phenoxy) is 2. The summed E-state index contributed by atoms with van der Waals surface area (Å²) >= 11 is 0. The number of likely N-dealkylation sites (tertiary alicyclic amines) is 1. The van der Waals surface area contributed by atoms with E-state index < -0.39 is 6.04 Å². The zero-order valence-corrected chi connectivity index (χ0v) is 18.0. The molecule has 1 aromatic rings. The third kappa shape index (κ3) is 3.25. The van der Waals surface area contributed by atoms with Gasteiger partial charge in [0, 0.05) is 12.6 Å². The fraction of sp³-hybridized carbons (Fsp3) is 0.667. The molecular formula is C24H32N2O4. The third-order valence-corrected chi connectivity index (χ3v) is 7.97. The van der Waals surface area contributed by atoms with Crippen LogP contribution in [0.25, 0.3) is 0 Å². The van der Waals surface area contributed by atoms with E-state index in [1.807, 2.05) is 4.90 Å². The lowest BCUT2D eigenvalue weighted by atomic mass is 9.49. The van der Waals surface area contributed by atoms with E-state index >= 15 is 0 Å². The van der Waals surface area contributed by atoms with Crippen molar-refractivity contribution in [3.8, 4) is 11.5 Å². The second-order valence-electron chi connectivity index (χ2n) is 9.91. The Morgan fingerprint density at radius 3 is 2.30 bits per heavy atom. The van der Waals surface area contributed by atoms with E-state index in [1.165, 1.54) is 19.3 Å². The Labute approximate surface area is 178 Å². The highest BCUT2D eigenvalue weighted by Gasteiger charge is 2.56. The van der Waals surface area contributed by atoms with Crippen molar-refractivity contribution in [3.05, 3.63) is 18.2 Å². The van der Waals surface area contributed by atoms with Crippen molar-refractivity contribution < 1.29 is 19.1 Å². The van der Waals surface area contributed by atoms with Gasteiger partial charge in [0.15, 0.2) is 0 Å². The molecule has 4 aliphatic carbocycles. The monoisotopic (exact) mass is 412 g/mol. The normalized spacial score (nSPS) is 34.1. The summed E-state index contributed by atoms with van der Waals surface area (Å²) < 4.78 is 10.7. The fourth-order valence-corrected chi connectivity index (χ4v) is 7.09. The van der Waals surface area contributed by atoms with Gasteiger partial charge in [0.25, 0.3) is 0 Å². The van der Waals surface area contributed by atoms with Crippen LogP contribution in [0.15, 0.2) is 18.2 Å². The molecule has 0 spiro atoms. The topological polar surface area (TPSA) is 67.9 Å². The van der Waals surface area contributed by atoms with Gasteiger partial charge in [-0.1, -0.05) is 0 Å². The van der Waals surface area contributed by atoms with Crippen LogP contribution in [0.5, 0.6) is 11.5 Å². The summed E-state index contributed by atoms with van der Waals surface area (Å²) in [6, 6.07) is 4.94. The minimum atomic E-state index is -0.401. The van der Waals surface area contributed by atoms with Crippen molar-refractivity contribution >= 4 is 17.5 Å². The van der Waals surface area contributed by atoms with Gasteiger partial charge in [-0.2, -0.15) is 0 Å². The maximum atomic E-state index is 13.8. The van der Waals surface area contributed by atoms with Gasteiger partial charge in [-0.25, -0.2) is 0 Å². The molecule has 1 saturated heterocycles. The van der Waals surface area contributed by atoms with Crippen molar-refractivity contribution in [1.29, 1.82) is 0 Å². The van der Waals surface area contributed by atoms with Crippen molar-refractivity contribution in [2.75, 3.05) is 26.1 Å². The predicted molar refractivity (Wildman–Crippen MR) is 114 cm³/mol. The molecule has 6 nitrogen and oxygen atoms in total. The summed E-state index contributed by atoms with van der Waals surface area (Å²) in [5.41, 5.74) is 0.376. The summed E-state index contributed by atoms with van der Waals surface area (Å²) in [5.74, 6) is 3.51. The number of hydrogen-bond donors (Lipinski definition) is 1. The number of benzene rings is 1. The molecule has 0 aromatic heterocycles. The summed E-state index contributed by atoms with van der Waals surface area (Å²) in [6.45, 7) is 0.688. The van der Waals surface area contributed by atoms with Gasteiger partial charge in [0.1, 0.15) is 17.5 Å². The molecule has 1 unspecified atom stereocenters. The lowest BCUT2D eigenvalue weighted by Crippen LogP contribution is -2.56. The molecule has 1 aliphatic heterocycles. The van der Waals surface area contributed by atoms with Crippen molar-refractivity contribution in [3.63, 3.8) is 0 Å². The van der Waals surface area contributed by atoms with Crippen LogP contribution in [0.3, 0.4) is 0 Å². The molecule has 6 rings (SSSR count). The zero-order chi connectivity index (χ0) is 20.9. The summed E-state index contributed by atoms with van der Waals surface area (Å²) in [6.07, 6.45) is 8.64. The molecule has 6 heteroatoms. The van der Waals surface area contributed by atoms with E-state index in [-0.39, 0.29) is 17.2 Å². The first-order chi connectivity index (χ1) is 14.5. The molecule has 5 aliphatic rings. The average molecular weight is 413 g/mol. The maximum absolute atomic E-state index is 13.8. The quantitative estimate of drug-likeness (QED) is 0.798. The van der Waals surface area contributed by atoms with Crippen molar-refractivity contribution in [2.45, 2.75) is 57.4 Å². The van der Waals surface area contributed by atoms with Crippen molar-refractivity contribution in [1.82, 2.24) is 4.90 Å². The number of methoxy groups -OCH3 is 2. The number of rotatable bonds is 5. The van der Waals surface area contributed by atoms with E-state index in [0.717, 1.165) is 49.9 Å². The number of carbonyl (C=O) groups excluding carboxylic acids is 2. The molecule has 1 heterocycles. The maximum Gasteiger partial charge on any atom is 0.247 e. The first-order valence-electron chi connectivity index (χ1n) is 11.4. The van der Waals surface area contributed by atoms with E-state index in [2.05, 4.69) is 5.32 Å². The summed E-state index contributed by atoms with van der Waals surface area (Å²) in [4.78, 5) is 28.9. The number of hydrogen-bond acceptors (Lipinski definition) is 4. The van der Waals surface area contributed by atoms with Crippen LogP contribution in [0, 0.1) is 23.2 Å². The van der Waals surface area contributed by atoms with Crippen LogP contribution in [0.1, 0.15) is 51.4 Å². The molecule has 2 amide bonds. The largest absolute Gasteiger partial charge is 0.497 e. The summed E-state index contributed by atoms with van der Waals surface area (Å²) in [7, 11) is 3.17. The Morgan fingerprint density at radius 2 is 1.70 bits per heavy atom. The standard InChI is InChI=1S/C24H32N2O4/c1-29-18-5-6-21(30-2)19(11-18)25-22(27)20-4-3-7-26(20)23(28)24-12-15-8-16(13-24)10-17(9-15)14-24/h5-6,11,15-17,20H,3-4,7-10,12-14H2,1-2H3,(H,25,27). The molecule has 30 heavy (non-hydrogen) atoms. The van der Waals surface area contributed by atoms with Crippen LogP contribution in [0.2, 0.25) is 0 Å². The fourth-order valence-electron chi connectivity index (χ4n) is 7.09. The smallest absolute Gasteiger partial charge is 0.247 e. The van der Waals surface area contributed by atoms with E-state index in [4.69, 9.17) is 9.47 Å². The van der Waals surface area contributed by atoms with Gasteiger partial charge < -0.3 is 19.7 Å². The number of nitrogens with one attached hydrogen (secondary N) is 1. The Morgan fingerprint density at radius 1 is 1.03 bits per heavy atom. The Balaban J connectivity index is 1.34. The third-order valence-electron chi connectivity index (χ3n) is 7.97. The SMILES string of the molecule is COc1ccc(OC)c(NC(=O)C2CCCN2C(=O)C23CC4CC(CC(C4)C2)C3)c1. The van der Waals surface area contributed by atoms with Gasteiger partial charge in [0.2, 0.25) is 11.8 Å². The second-order valence-corrected chi connectivity index (χ2v) is 9.91. The highest BCUT2D eigenvalue weighted by Crippen LogP contribution is 2.60. The molecule has 162 valence electrons. The molecule has 4 saturated carbocycles. The van der Waals surface area contributed by atoms with Gasteiger partial charge in [-0.15, -0.1) is 0 Å². The second kappa shape index (κ2) is 7.47. The van der Waals surface area contributed by atoms with Crippen LogP contribution in [-0.2, 0) is 9.59 Å². The highest BCUT2D eigenvalue weighted by atomic mass is 16.5. The van der Waals surface area contributed by atoms with Gasteiger partial charge in [-0.3, -0.25) is 9.59 Å². The number of carbonyl (C=O) groups is 2. The van der Waals surface area contributed by atoms with Gasteiger partial charge in [-0.05, 0) is 81.3 Å². The minimum Gasteiger partial charge on any atom is -0.497 e. The van der Waals surface area contributed by atoms with Crippen LogP contribution in [-0.4, -0.2) is 43.5 Å². The molecule has 4 bridgehead atoms. The predicted octanol–water partition coefficient (Wildman–Crippen LogP) is 3.85. The molecule has 1 atom stereocenters. The highest BCUT2D eigenvalue weighted by molar-refractivity contribution is 5.99. The lowest BCUT2D eigenvalue weighted by molar-refractivity contribution is -0.160. The molecule has 1 aromatic carbocycles. The molecule has 1 N–H and O–H groups in total. The van der Waals surface area contributed by atoms with E-state index in [1.54, 1.807) is 32.4 Å². The van der Waals surface area contributed by atoms with Crippen LogP contribution < -0.4 is 14.8 Å². The summed E-state index contributed by atoms with van der Waals surface area (Å²) in [5, 5.41) is 3.00. The molecular weight excluding hydrogens is 380 g/mol. The number of anilines is 1. The van der Waals surface area contributed by atoms with Crippen molar-refractivity contribution in [2.24, 2.45) is 23.2 Å². The Kier molecular flexibility index (Phi) is 4.91. The first-order valence-corrected chi connectivity index (χ1v) is 11.4. The number of nitrogens with zero attached hydrogens (tertiary/aromatic N) is 1. The lowest BCUT2D eigenvalue weighted by Gasteiger charge is -2.56.